The fourth-order valence-electron chi connectivity index (χ4n) is 3.32. The molecule has 4 nitrogen and oxygen atoms in total. The SMILES string of the molecule is O=C(O)C12OC1C1SC1C1=C2Cc2ccccc2O1. The molecule has 3 heterocycles. The van der Waals surface area contributed by atoms with Crippen molar-refractivity contribution in [3.05, 3.63) is 41.2 Å². The molecule has 19 heavy (non-hydrogen) atoms. The first-order valence-electron chi connectivity index (χ1n) is 6.28. The largest absolute Gasteiger partial charge is 0.479 e. The summed E-state index contributed by atoms with van der Waals surface area (Å²) in [6.45, 7) is 0. The molecular weight excluding hydrogens is 264 g/mol. The number of hydrogen-bond acceptors (Lipinski definition) is 4. The number of carbonyl (C=O) groups is 1. The molecule has 0 radical (unpaired) electrons. The van der Waals surface area contributed by atoms with E-state index in [0.29, 0.717) is 11.7 Å². The van der Waals surface area contributed by atoms with Crippen LogP contribution >= 0.6 is 11.8 Å². The topological polar surface area (TPSA) is 59.1 Å². The Morgan fingerprint density at radius 1 is 1.42 bits per heavy atom. The van der Waals surface area contributed by atoms with Crippen LogP contribution in [0.4, 0.5) is 0 Å². The lowest BCUT2D eigenvalue weighted by Gasteiger charge is -2.27. The Hall–Kier alpha value is -1.46. The maximum absolute atomic E-state index is 11.6. The van der Waals surface area contributed by atoms with Gasteiger partial charge >= 0.3 is 5.97 Å². The first-order chi connectivity index (χ1) is 9.22. The average molecular weight is 274 g/mol. The number of carboxylic acids is 1. The summed E-state index contributed by atoms with van der Waals surface area (Å²) in [7, 11) is 0. The third-order valence-electron chi connectivity index (χ3n) is 4.36. The van der Waals surface area contributed by atoms with E-state index >= 15 is 0 Å². The second-order valence-corrected chi connectivity index (χ2v) is 6.65. The summed E-state index contributed by atoms with van der Waals surface area (Å²) in [6, 6.07) is 7.81. The second-order valence-electron chi connectivity index (χ2n) is 5.33. The van der Waals surface area contributed by atoms with E-state index in [2.05, 4.69) is 0 Å². The molecule has 5 heteroatoms. The van der Waals surface area contributed by atoms with E-state index in [0.717, 1.165) is 22.6 Å². The van der Waals surface area contributed by atoms with Gasteiger partial charge in [-0.2, -0.15) is 0 Å². The number of ether oxygens (including phenoxy) is 2. The number of carboxylic acid groups (broad SMARTS) is 1. The van der Waals surface area contributed by atoms with Crippen LogP contribution in [0.5, 0.6) is 5.75 Å². The summed E-state index contributed by atoms with van der Waals surface area (Å²) < 4.78 is 11.6. The standard InChI is InChI=1S/C14H10O4S/c15-13(16)14-7-5-6-3-1-2-4-8(6)17-9(7)10-11(19-10)12(14)18-14/h1-4,10-12H,5H2,(H,15,16). The van der Waals surface area contributed by atoms with Crippen LogP contribution in [-0.2, 0) is 16.0 Å². The van der Waals surface area contributed by atoms with E-state index in [4.69, 9.17) is 9.47 Å². The number of epoxide rings is 1. The lowest BCUT2D eigenvalue weighted by Crippen LogP contribution is -2.39. The van der Waals surface area contributed by atoms with Crippen LogP contribution in [0.3, 0.4) is 0 Å². The summed E-state index contributed by atoms with van der Waals surface area (Å²) in [4.78, 5) is 11.6. The molecule has 1 N–H and O–H groups in total. The molecule has 0 spiro atoms. The first-order valence-corrected chi connectivity index (χ1v) is 7.22. The minimum atomic E-state index is -1.10. The average Bonchev–Trinajstić information content (AvgIpc) is 3.27. The molecule has 0 amide bonds. The van der Waals surface area contributed by atoms with Gasteiger partial charge in [0, 0.05) is 12.0 Å². The van der Waals surface area contributed by atoms with Crippen LogP contribution in [0.2, 0.25) is 0 Å². The second kappa shape index (κ2) is 2.99. The Morgan fingerprint density at radius 3 is 3.11 bits per heavy atom. The molecule has 3 aliphatic heterocycles. The van der Waals surface area contributed by atoms with E-state index < -0.39 is 11.6 Å². The first kappa shape index (κ1) is 10.3. The number of rotatable bonds is 1. The van der Waals surface area contributed by atoms with Gasteiger partial charge in [-0.15, -0.1) is 11.8 Å². The predicted octanol–water partition coefficient (Wildman–Crippen LogP) is 1.60. The summed E-state index contributed by atoms with van der Waals surface area (Å²) in [5, 5.41) is 10.1. The minimum Gasteiger partial charge on any atom is -0.479 e. The van der Waals surface area contributed by atoms with Crippen molar-refractivity contribution < 1.29 is 19.4 Å². The number of thioether (sulfide) groups is 1. The van der Waals surface area contributed by atoms with Crippen LogP contribution in [-0.4, -0.2) is 33.3 Å². The van der Waals surface area contributed by atoms with Gasteiger partial charge in [-0.3, -0.25) is 0 Å². The third kappa shape index (κ3) is 1.09. The number of para-hydroxylation sites is 1. The van der Waals surface area contributed by atoms with Gasteiger partial charge in [0.1, 0.15) is 17.6 Å². The smallest absolute Gasteiger partial charge is 0.343 e. The van der Waals surface area contributed by atoms with Crippen LogP contribution in [0.1, 0.15) is 5.56 Å². The highest BCUT2D eigenvalue weighted by Gasteiger charge is 2.78. The normalized spacial score (nSPS) is 40.3. The van der Waals surface area contributed by atoms with Gasteiger partial charge in [-0.05, 0) is 11.6 Å². The molecule has 5 rings (SSSR count). The van der Waals surface area contributed by atoms with Gasteiger partial charge in [0.25, 0.3) is 0 Å². The van der Waals surface area contributed by atoms with Crippen molar-refractivity contribution in [1.82, 2.24) is 0 Å². The molecular formula is C14H10O4S. The van der Waals surface area contributed by atoms with Gasteiger partial charge < -0.3 is 14.6 Å². The van der Waals surface area contributed by atoms with Gasteiger partial charge in [0.15, 0.2) is 0 Å². The summed E-state index contributed by atoms with van der Waals surface area (Å²) >= 11 is 1.75. The highest BCUT2D eigenvalue weighted by molar-refractivity contribution is 8.08. The van der Waals surface area contributed by atoms with Crippen LogP contribution in [0.25, 0.3) is 0 Å². The maximum atomic E-state index is 11.6. The maximum Gasteiger partial charge on any atom is 0.343 e. The van der Waals surface area contributed by atoms with Crippen LogP contribution < -0.4 is 4.74 Å². The molecule has 96 valence electrons. The van der Waals surface area contributed by atoms with Crippen LogP contribution in [0, 0.1) is 0 Å². The van der Waals surface area contributed by atoms with Crippen molar-refractivity contribution in [1.29, 1.82) is 0 Å². The zero-order chi connectivity index (χ0) is 12.8. The van der Waals surface area contributed by atoms with E-state index in [1.807, 2.05) is 24.3 Å². The van der Waals surface area contributed by atoms with Crippen molar-refractivity contribution in [2.75, 3.05) is 0 Å². The Morgan fingerprint density at radius 2 is 2.26 bits per heavy atom. The van der Waals surface area contributed by atoms with E-state index in [9.17, 15) is 9.90 Å². The molecule has 0 saturated carbocycles. The lowest BCUT2D eigenvalue weighted by atomic mass is 9.81. The van der Waals surface area contributed by atoms with Crippen molar-refractivity contribution in [2.24, 2.45) is 0 Å². The summed E-state index contributed by atoms with van der Waals surface area (Å²) in [5.74, 6) is 0.816. The quantitative estimate of drug-likeness (QED) is 0.788. The fraction of sp³-hybridized carbons (Fsp3) is 0.357. The molecule has 0 aromatic heterocycles. The molecule has 4 atom stereocenters. The van der Waals surface area contributed by atoms with Crippen molar-refractivity contribution >= 4 is 17.7 Å². The van der Waals surface area contributed by atoms with Crippen LogP contribution in [0.15, 0.2) is 35.6 Å². The summed E-state index contributed by atoms with van der Waals surface area (Å²) in [6.07, 6.45) is 0.463. The van der Waals surface area contributed by atoms with E-state index in [1.54, 1.807) is 11.8 Å². The van der Waals surface area contributed by atoms with E-state index in [-0.39, 0.29) is 11.4 Å². The predicted molar refractivity (Wildman–Crippen MR) is 68.2 cm³/mol. The monoisotopic (exact) mass is 274 g/mol. The van der Waals surface area contributed by atoms with Crippen molar-refractivity contribution in [2.45, 2.75) is 28.6 Å². The Kier molecular flexibility index (Phi) is 1.63. The fourth-order valence-corrected chi connectivity index (χ4v) is 4.54. The molecule has 1 aliphatic carbocycles. The van der Waals surface area contributed by atoms with E-state index in [1.165, 1.54) is 0 Å². The molecule has 4 unspecified atom stereocenters. The highest BCUT2D eigenvalue weighted by atomic mass is 32.2. The number of fused-ring (bicyclic) bond motifs is 6. The Balaban J connectivity index is 1.68. The molecule has 1 aromatic rings. The van der Waals surface area contributed by atoms with Gasteiger partial charge in [-0.25, -0.2) is 4.79 Å². The highest BCUT2D eigenvalue weighted by Crippen LogP contribution is 2.66. The van der Waals surface area contributed by atoms with Gasteiger partial charge in [0.2, 0.25) is 5.60 Å². The third-order valence-corrected chi connectivity index (χ3v) is 5.68. The summed E-state index contributed by atoms with van der Waals surface area (Å²) in [5.41, 5.74) is 0.767. The molecule has 4 aliphatic rings. The Labute approximate surface area is 113 Å². The molecule has 0 bridgehead atoms. The minimum absolute atomic E-state index is 0.160. The number of benzene rings is 1. The lowest BCUT2D eigenvalue weighted by molar-refractivity contribution is -0.141. The number of aliphatic carboxylic acids is 1. The zero-order valence-corrected chi connectivity index (χ0v) is 10.6. The molecule has 2 saturated heterocycles. The van der Waals surface area contributed by atoms with Gasteiger partial charge in [0.05, 0.1) is 10.5 Å². The van der Waals surface area contributed by atoms with Gasteiger partial charge in [-0.1, -0.05) is 18.2 Å². The molecule has 2 fully saturated rings. The Bertz CT molecular complexity index is 667. The number of hydrogen-bond donors (Lipinski definition) is 1. The molecule has 1 aromatic carbocycles. The zero-order valence-electron chi connectivity index (χ0n) is 9.83. The van der Waals surface area contributed by atoms with Crippen molar-refractivity contribution in [3.63, 3.8) is 0 Å². The van der Waals surface area contributed by atoms with Crippen molar-refractivity contribution in [3.8, 4) is 5.75 Å².